The van der Waals surface area contributed by atoms with Crippen molar-refractivity contribution in [3.05, 3.63) is 60.2 Å². The summed E-state index contributed by atoms with van der Waals surface area (Å²) in [5, 5.41) is 3.97. The number of methoxy groups -OCH3 is 1. The molecule has 0 aromatic heterocycles. The highest BCUT2D eigenvalue weighted by molar-refractivity contribution is 6.00. The third-order valence-corrected chi connectivity index (χ3v) is 4.07. The van der Waals surface area contributed by atoms with Crippen molar-refractivity contribution in [2.75, 3.05) is 18.6 Å². The normalized spacial score (nSPS) is 17.1. The van der Waals surface area contributed by atoms with Crippen LogP contribution in [0.3, 0.4) is 0 Å². The van der Waals surface area contributed by atoms with Crippen LogP contribution in [0.2, 0.25) is 0 Å². The molecule has 6 heteroatoms. The van der Waals surface area contributed by atoms with Gasteiger partial charge in [-0.2, -0.15) is 5.10 Å². The van der Waals surface area contributed by atoms with E-state index in [9.17, 15) is 9.59 Å². The number of para-hydroxylation sites is 1. The molecule has 1 aliphatic heterocycles. The summed E-state index contributed by atoms with van der Waals surface area (Å²) in [6.07, 6.45) is 1.75. The highest BCUT2D eigenvalue weighted by Crippen LogP contribution is 2.24. The van der Waals surface area contributed by atoms with E-state index in [1.165, 1.54) is 0 Å². The maximum Gasteiger partial charge on any atom is 0.245 e. The third kappa shape index (κ3) is 4.03. The van der Waals surface area contributed by atoms with Crippen molar-refractivity contribution < 1.29 is 14.3 Å². The van der Waals surface area contributed by atoms with Crippen LogP contribution in [0.1, 0.15) is 12.0 Å². The lowest BCUT2D eigenvalue weighted by atomic mass is 10.1. The minimum absolute atomic E-state index is 0.0505. The third-order valence-electron chi connectivity index (χ3n) is 4.07. The number of nitrogens with one attached hydrogen (secondary N) is 1. The molecular weight excluding hydrogens is 318 g/mol. The van der Waals surface area contributed by atoms with Gasteiger partial charge in [-0.05, 0) is 42.0 Å². The van der Waals surface area contributed by atoms with Crippen molar-refractivity contribution in [1.82, 2.24) is 5.43 Å². The second-order valence-electron chi connectivity index (χ2n) is 5.75. The van der Waals surface area contributed by atoms with Crippen LogP contribution in [0.4, 0.5) is 5.69 Å². The Labute approximate surface area is 146 Å². The van der Waals surface area contributed by atoms with Gasteiger partial charge in [0, 0.05) is 18.7 Å². The Hall–Kier alpha value is -3.15. The summed E-state index contributed by atoms with van der Waals surface area (Å²) < 4.78 is 5.09. The first-order chi connectivity index (χ1) is 12.2. The molecule has 6 nitrogen and oxygen atoms in total. The summed E-state index contributed by atoms with van der Waals surface area (Å²) in [5.74, 6) is 0.0504. The molecule has 2 aromatic carbocycles. The topological polar surface area (TPSA) is 71.0 Å². The fraction of sp³-hybridized carbons (Fsp3) is 0.211. The fourth-order valence-electron chi connectivity index (χ4n) is 2.69. The Bertz CT molecular complexity index is 772. The van der Waals surface area contributed by atoms with Crippen LogP contribution >= 0.6 is 0 Å². The standard InChI is InChI=1S/C19H19N3O3/c1-25-17-9-7-14(8-10-17)12-20-21-19(24)15-11-18(23)22(13-15)16-5-3-2-4-6-16/h2-10,12,15H,11,13H2,1H3,(H,21,24)/b20-12-/t15-/m0/s1. The van der Waals surface area contributed by atoms with E-state index in [2.05, 4.69) is 10.5 Å². The number of hydrogen-bond donors (Lipinski definition) is 1. The minimum Gasteiger partial charge on any atom is -0.497 e. The molecule has 1 aliphatic rings. The Morgan fingerprint density at radius 3 is 2.60 bits per heavy atom. The average Bonchev–Trinajstić information content (AvgIpc) is 3.05. The summed E-state index contributed by atoms with van der Waals surface area (Å²) in [5.41, 5.74) is 4.17. The number of ether oxygens (including phenoxy) is 1. The van der Waals surface area contributed by atoms with E-state index in [4.69, 9.17) is 4.74 Å². The molecule has 1 saturated heterocycles. The predicted octanol–water partition coefficient (Wildman–Crippen LogP) is 2.20. The number of carbonyl (C=O) groups is 2. The molecule has 1 N–H and O–H groups in total. The van der Waals surface area contributed by atoms with Crippen molar-refractivity contribution in [3.8, 4) is 5.75 Å². The van der Waals surface area contributed by atoms with E-state index in [1.807, 2.05) is 54.6 Å². The first kappa shape index (κ1) is 16.7. The van der Waals surface area contributed by atoms with Crippen LogP contribution in [0.25, 0.3) is 0 Å². The summed E-state index contributed by atoms with van der Waals surface area (Å²) in [6.45, 7) is 0.368. The van der Waals surface area contributed by atoms with Crippen molar-refractivity contribution in [2.45, 2.75) is 6.42 Å². The zero-order valence-corrected chi connectivity index (χ0v) is 13.9. The molecule has 3 rings (SSSR count). The van der Waals surface area contributed by atoms with Gasteiger partial charge < -0.3 is 9.64 Å². The largest absolute Gasteiger partial charge is 0.497 e. The van der Waals surface area contributed by atoms with Crippen LogP contribution in [0, 0.1) is 5.92 Å². The number of anilines is 1. The highest BCUT2D eigenvalue weighted by Gasteiger charge is 2.34. The molecule has 1 atom stereocenters. The Morgan fingerprint density at radius 2 is 1.92 bits per heavy atom. The number of rotatable bonds is 5. The van der Waals surface area contributed by atoms with Gasteiger partial charge in [-0.3, -0.25) is 9.59 Å². The first-order valence-corrected chi connectivity index (χ1v) is 8.00. The SMILES string of the molecule is COc1ccc(/C=N\NC(=O)[C@H]2CC(=O)N(c3ccccc3)C2)cc1. The Balaban J connectivity index is 1.56. The Kier molecular flexibility index (Phi) is 5.09. The fourth-order valence-corrected chi connectivity index (χ4v) is 2.69. The van der Waals surface area contributed by atoms with Crippen LogP contribution in [-0.4, -0.2) is 31.7 Å². The maximum atomic E-state index is 12.2. The smallest absolute Gasteiger partial charge is 0.245 e. The van der Waals surface area contributed by atoms with Gasteiger partial charge in [0.2, 0.25) is 11.8 Å². The number of amides is 2. The number of hydrogen-bond acceptors (Lipinski definition) is 4. The lowest BCUT2D eigenvalue weighted by Gasteiger charge is -2.16. The molecule has 1 heterocycles. The van der Waals surface area contributed by atoms with Gasteiger partial charge in [0.1, 0.15) is 5.75 Å². The van der Waals surface area contributed by atoms with E-state index in [0.29, 0.717) is 6.54 Å². The zero-order chi connectivity index (χ0) is 17.6. The molecule has 0 bridgehead atoms. The molecule has 128 valence electrons. The van der Waals surface area contributed by atoms with Gasteiger partial charge in [-0.25, -0.2) is 5.43 Å². The molecule has 0 spiro atoms. The van der Waals surface area contributed by atoms with Gasteiger partial charge in [0.25, 0.3) is 0 Å². The van der Waals surface area contributed by atoms with Gasteiger partial charge in [0.05, 0.1) is 19.2 Å². The van der Waals surface area contributed by atoms with Crippen molar-refractivity contribution in [2.24, 2.45) is 11.0 Å². The number of nitrogens with zero attached hydrogens (tertiary/aromatic N) is 2. The van der Waals surface area contributed by atoms with E-state index in [1.54, 1.807) is 18.2 Å². The molecule has 0 unspecified atom stereocenters. The van der Waals surface area contributed by atoms with E-state index in [-0.39, 0.29) is 18.2 Å². The Morgan fingerprint density at radius 1 is 1.20 bits per heavy atom. The summed E-state index contributed by atoms with van der Waals surface area (Å²) in [4.78, 5) is 26.0. The second kappa shape index (κ2) is 7.61. The number of hydrazone groups is 1. The number of benzene rings is 2. The van der Waals surface area contributed by atoms with Gasteiger partial charge in [-0.15, -0.1) is 0 Å². The summed E-state index contributed by atoms with van der Waals surface area (Å²) in [6, 6.07) is 16.7. The minimum atomic E-state index is -0.402. The van der Waals surface area contributed by atoms with Crippen molar-refractivity contribution in [1.29, 1.82) is 0 Å². The van der Waals surface area contributed by atoms with Gasteiger partial charge in [0.15, 0.2) is 0 Å². The quantitative estimate of drug-likeness (QED) is 0.672. The van der Waals surface area contributed by atoms with Crippen molar-refractivity contribution >= 4 is 23.7 Å². The molecule has 2 aromatic rings. The number of carbonyl (C=O) groups excluding carboxylic acids is 2. The second-order valence-corrected chi connectivity index (χ2v) is 5.75. The van der Waals surface area contributed by atoms with Crippen LogP contribution in [0.15, 0.2) is 59.7 Å². The molecule has 0 saturated carbocycles. The van der Waals surface area contributed by atoms with E-state index in [0.717, 1.165) is 17.0 Å². The molecular formula is C19H19N3O3. The molecule has 0 radical (unpaired) electrons. The molecule has 1 fully saturated rings. The van der Waals surface area contributed by atoms with E-state index >= 15 is 0 Å². The summed E-state index contributed by atoms with van der Waals surface area (Å²) >= 11 is 0. The lowest BCUT2D eigenvalue weighted by molar-refractivity contribution is -0.126. The van der Waals surface area contributed by atoms with Crippen LogP contribution in [0.5, 0.6) is 5.75 Å². The molecule has 2 amide bonds. The lowest BCUT2D eigenvalue weighted by Crippen LogP contribution is -2.30. The van der Waals surface area contributed by atoms with Crippen molar-refractivity contribution in [3.63, 3.8) is 0 Å². The average molecular weight is 337 g/mol. The summed E-state index contributed by atoms with van der Waals surface area (Å²) in [7, 11) is 1.60. The van der Waals surface area contributed by atoms with Crippen LogP contribution in [-0.2, 0) is 9.59 Å². The first-order valence-electron chi connectivity index (χ1n) is 8.00. The predicted molar refractivity (Wildman–Crippen MR) is 95.6 cm³/mol. The van der Waals surface area contributed by atoms with Gasteiger partial charge >= 0.3 is 0 Å². The van der Waals surface area contributed by atoms with E-state index < -0.39 is 5.92 Å². The molecule has 0 aliphatic carbocycles. The zero-order valence-electron chi connectivity index (χ0n) is 13.9. The maximum absolute atomic E-state index is 12.2. The van der Waals surface area contributed by atoms with Crippen LogP contribution < -0.4 is 15.1 Å². The monoisotopic (exact) mass is 337 g/mol. The highest BCUT2D eigenvalue weighted by atomic mass is 16.5. The molecule has 25 heavy (non-hydrogen) atoms. The van der Waals surface area contributed by atoms with Gasteiger partial charge in [-0.1, -0.05) is 18.2 Å².